The van der Waals surface area contributed by atoms with Crippen LogP contribution in [0.25, 0.3) is 0 Å². The molecular weight excluding hydrogens is 446 g/mol. The van der Waals surface area contributed by atoms with E-state index in [0.717, 1.165) is 37.8 Å². The molecule has 9 heteroatoms. The summed E-state index contributed by atoms with van der Waals surface area (Å²) in [7, 11) is -2.32. The number of amides is 1. The fraction of sp³-hybridized carbons (Fsp3) is 0.409. The molecule has 1 aliphatic rings. The number of nitrogens with zero attached hydrogens (tertiary/aromatic N) is 2. The van der Waals surface area contributed by atoms with Crippen LogP contribution in [0, 0.1) is 11.6 Å². The third kappa shape index (κ3) is 5.07. The summed E-state index contributed by atoms with van der Waals surface area (Å²) in [5.41, 5.74) is 0.566. The van der Waals surface area contributed by atoms with Crippen molar-refractivity contribution in [3.8, 4) is 0 Å². The molecule has 0 radical (unpaired) electrons. The van der Waals surface area contributed by atoms with Crippen LogP contribution in [0.2, 0.25) is 5.02 Å². The van der Waals surface area contributed by atoms with E-state index >= 15 is 0 Å². The Morgan fingerprint density at radius 2 is 1.68 bits per heavy atom. The highest BCUT2D eigenvalue weighted by molar-refractivity contribution is 7.89. The van der Waals surface area contributed by atoms with Gasteiger partial charge in [0.25, 0.3) is 5.91 Å². The molecule has 1 atom stereocenters. The number of sulfonamides is 1. The van der Waals surface area contributed by atoms with Crippen LogP contribution in [-0.4, -0.2) is 43.7 Å². The van der Waals surface area contributed by atoms with Gasteiger partial charge < -0.3 is 4.90 Å². The van der Waals surface area contributed by atoms with E-state index in [0.29, 0.717) is 18.7 Å². The summed E-state index contributed by atoms with van der Waals surface area (Å²) in [4.78, 5) is 14.3. The van der Waals surface area contributed by atoms with E-state index in [2.05, 4.69) is 0 Å². The smallest absolute Gasteiger partial charge is 0.254 e. The molecule has 0 aromatic heterocycles. The molecule has 1 fully saturated rings. The van der Waals surface area contributed by atoms with Crippen molar-refractivity contribution in [1.29, 1.82) is 0 Å². The van der Waals surface area contributed by atoms with Gasteiger partial charge in [0.05, 0.1) is 11.1 Å². The molecule has 1 saturated heterocycles. The summed E-state index contributed by atoms with van der Waals surface area (Å²) in [6, 6.07) is 7.04. The Labute approximate surface area is 186 Å². The van der Waals surface area contributed by atoms with Crippen LogP contribution in [0.3, 0.4) is 0 Å². The van der Waals surface area contributed by atoms with Crippen LogP contribution in [0.15, 0.2) is 41.3 Å². The first-order valence-corrected chi connectivity index (χ1v) is 12.0. The maximum atomic E-state index is 13.6. The van der Waals surface area contributed by atoms with Crippen LogP contribution < -0.4 is 0 Å². The third-order valence-electron chi connectivity index (χ3n) is 5.69. The van der Waals surface area contributed by atoms with Crippen molar-refractivity contribution in [3.05, 3.63) is 64.2 Å². The van der Waals surface area contributed by atoms with E-state index in [4.69, 9.17) is 11.6 Å². The highest BCUT2D eigenvalue weighted by atomic mass is 35.5. The van der Waals surface area contributed by atoms with Gasteiger partial charge in [0.1, 0.15) is 4.90 Å². The quantitative estimate of drug-likeness (QED) is 0.616. The molecule has 2 aromatic carbocycles. The van der Waals surface area contributed by atoms with Gasteiger partial charge in [0.2, 0.25) is 10.0 Å². The summed E-state index contributed by atoms with van der Waals surface area (Å²) in [5.74, 6) is -2.42. The molecule has 168 valence electrons. The number of benzene rings is 2. The summed E-state index contributed by atoms with van der Waals surface area (Å²) < 4.78 is 54.6. The lowest BCUT2D eigenvalue weighted by Crippen LogP contribution is -2.33. The zero-order chi connectivity index (χ0) is 22.8. The topological polar surface area (TPSA) is 57.7 Å². The van der Waals surface area contributed by atoms with Crippen molar-refractivity contribution in [1.82, 2.24) is 9.21 Å². The minimum Gasteiger partial charge on any atom is -0.335 e. The van der Waals surface area contributed by atoms with E-state index in [1.54, 1.807) is 6.92 Å². The Morgan fingerprint density at radius 3 is 2.29 bits per heavy atom. The summed E-state index contributed by atoms with van der Waals surface area (Å²) in [6.07, 6.45) is 3.52. The monoisotopic (exact) mass is 470 g/mol. The fourth-order valence-corrected chi connectivity index (χ4v) is 5.65. The second-order valence-corrected chi connectivity index (χ2v) is 10.0. The second kappa shape index (κ2) is 9.63. The van der Waals surface area contributed by atoms with E-state index < -0.39 is 33.6 Å². The van der Waals surface area contributed by atoms with Gasteiger partial charge in [-0.15, -0.1) is 0 Å². The molecule has 1 aliphatic heterocycles. The zero-order valence-electron chi connectivity index (χ0n) is 17.4. The van der Waals surface area contributed by atoms with Crippen molar-refractivity contribution < 1.29 is 22.0 Å². The van der Waals surface area contributed by atoms with Gasteiger partial charge >= 0.3 is 0 Å². The minimum absolute atomic E-state index is 0.0529. The second-order valence-electron chi connectivity index (χ2n) is 7.73. The first kappa shape index (κ1) is 23.6. The first-order chi connectivity index (χ1) is 14.6. The molecule has 5 nitrogen and oxygen atoms in total. The van der Waals surface area contributed by atoms with Crippen LogP contribution in [0.4, 0.5) is 8.78 Å². The predicted molar refractivity (Wildman–Crippen MR) is 116 cm³/mol. The number of carbonyl (C=O) groups excluding carboxylic acids is 1. The molecule has 3 rings (SSSR count). The molecule has 2 aromatic rings. The van der Waals surface area contributed by atoms with Crippen molar-refractivity contribution in [2.75, 3.05) is 20.1 Å². The Morgan fingerprint density at radius 1 is 1.03 bits per heavy atom. The standard InChI is InChI=1S/C22H25ClF2N2O3S/c1-15(16-8-10-19(24)20(25)13-16)26(2)22(28)17-7-9-18(23)21(14-17)31(29,30)27-11-5-3-4-6-12-27/h7-10,13-15H,3-6,11-12H2,1-2H3. The van der Waals surface area contributed by atoms with E-state index in [1.165, 1.54) is 40.5 Å². The number of halogens is 3. The van der Waals surface area contributed by atoms with Gasteiger partial charge in [-0.25, -0.2) is 17.2 Å². The lowest BCUT2D eigenvalue weighted by Gasteiger charge is -2.26. The van der Waals surface area contributed by atoms with Crippen molar-refractivity contribution in [2.45, 2.75) is 43.5 Å². The van der Waals surface area contributed by atoms with Gasteiger partial charge in [-0.3, -0.25) is 4.79 Å². The molecule has 0 N–H and O–H groups in total. The van der Waals surface area contributed by atoms with E-state index in [1.807, 2.05) is 0 Å². The molecule has 0 spiro atoms. The van der Waals surface area contributed by atoms with Gasteiger partial charge in [0, 0.05) is 25.7 Å². The number of carbonyl (C=O) groups is 1. The van der Waals surface area contributed by atoms with Gasteiger partial charge in [0.15, 0.2) is 11.6 Å². The van der Waals surface area contributed by atoms with Crippen LogP contribution in [-0.2, 0) is 10.0 Å². The maximum Gasteiger partial charge on any atom is 0.254 e. The number of hydrogen-bond acceptors (Lipinski definition) is 3. The molecule has 1 amide bonds. The van der Waals surface area contributed by atoms with Crippen LogP contribution >= 0.6 is 11.6 Å². The molecule has 1 heterocycles. The van der Waals surface area contributed by atoms with Crippen molar-refractivity contribution >= 4 is 27.5 Å². The lowest BCUT2D eigenvalue weighted by atomic mass is 10.1. The Bertz CT molecular complexity index is 1070. The lowest BCUT2D eigenvalue weighted by molar-refractivity contribution is 0.0742. The normalized spacial score (nSPS) is 16.5. The highest BCUT2D eigenvalue weighted by Gasteiger charge is 2.29. The molecule has 0 bridgehead atoms. The largest absolute Gasteiger partial charge is 0.335 e. The molecular formula is C22H25ClF2N2O3S. The summed E-state index contributed by atoms with van der Waals surface area (Å²) in [6.45, 7) is 2.52. The van der Waals surface area contributed by atoms with Crippen molar-refractivity contribution in [3.63, 3.8) is 0 Å². The van der Waals surface area contributed by atoms with E-state index in [-0.39, 0.29) is 15.5 Å². The van der Waals surface area contributed by atoms with Gasteiger partial charge in [-0.2, -0.15) is 4.31 Å². The van der Waals surface area contributed by atoms with Crippen LogP contribution in [0.1, 0.15) is 54.6 Å². The predicted octanol–water partition coefficient (Wildman–Crippen LogP) is 5.02. The number of hydrogen-bond donors (Lipinski definition) is 0. The summed E-state index contributed by atoms with van der Waals surface area (Å²) >= 11 is 6.21. The molecule has 31 heavy (non-hydrogen) atoms. The van der Waals surface area contributed by atoms with Crippen molar-refractivity contribution in [2.24, 2.45) is 0 Å². The van der Waals surface area contributed by atoms with Crippen LogP contribution in [0.5, 0.6) is 0 Å². The fourth-order valence-electron chi connectivity index (χ4n) is 3.63. The molecule has 0 saturated carbocycles. The Balaban J connectivity index is 1.89. The van der Waals surface area contributed by atoms with E-state index in [9.17, 15) is 22.0 Å². The Kier molecular flexibility index (Phi) is 7.34. The number of rotatable bonds is 5. The molecule has 1 unspecified atom stereocenters. The van der Waals surface area contributed by atoms with Gasteiger partial charge in [-0.05, 0) is 55.7 Å². The first-order valence-electron chi connectivity index (χ1n) is 10.1. The highest BCUT2D eigenvalue weighted by Crippen LogP contribution is 2.29. The average molecular weight is 471 g/mol. The Hall–Kier alpha value is -2.03. The average Bonchev–Trinajstić information content (AvgIpc) is 3.04. The molecule has 0 aliphatic carbocycles. The third-order valence-corrected chi connectivity index (χ3v) is 8.07. The SMILES string of the molecule is CC(c1ccc(F)c(F)c1)N(C)C(=O)c1ccc(Cl)c(S(=O)(=O)N2CCCCCC2)c1. The van der Waals surface area contributed by atoms with Gasteiger partial charge in [-0.1, -0.05) is 30.5 Å². The minimum atomic E-state index is -3.84. The zero-order valence-corrected chi connectivity index (χ0v) is 19.0. The summed E-state index contributed by atoms with van der Waals surface area (Å²) in [5, 5.41) is 0.0529. The maximum absolute atomic E-state index is 13.6.